The lowest BCUT2D eigenvalue weighted by Gasteiger charge is -2.13. The number of aryl methyl sites for hydroxylation is 1. The maximum Gasteiger partial charge on any atom is 0.0486 e. The van der Waals surface area contributed by atoms with Crippen LogP contribution in [0, 0.1) is 6.92 Å². The Kier molecular flexibility index (Phi) is 5.22. The molecule has 144 valence electrons. The second-order valence-corrected chi connectivity index (χ2v) is 7.74. The smallest absolute Gasteiger partial charge is 0.0486 e. The molecular weight excluding hydrogens is 350 g/mol. The molecule has 29 heavy (non-hydrogen) atoms. The fourth-order valence-corrected chi connectivity index (χ4v) is 4.04. The van der Waals surface area contributed by atoms with Crippen LogP contribution in [-0.2, 0) is 7.05 Å². The molecule has 0 N–H and O–H groups in total. The molecule has 1 aromatic heterocycles. The molecule has 0 fully saturated rings. The molecule has 0 aliphatic carbocycles. The Morgan fingerprint density at radius 1 is 0.724 bits per heavy atom. The number of aromatic nitrogens is 1. The highest BCUT2D eigenvalue weighted by Crippen LogP contribution is 2.36. The fraction of sp³-hybridized carbons (Fsp3) is 0.143. The van der Waals surface area contributed by atoms with Crippen LogP contribution in [0.4, 0.5) is 0 Å². The molecule has 1 heteroatoms. The molecule has 0 aliphatic heterocycles. The van der Waals surface area contributed by atoms with E-state index in [1.807, 2.05) is 0 Å². The van der Waals surface area contributed by atoms with Gasteiger partial charge < -0.3 is 4.57 Å². The summed E-state index contributed by atoms with van der Waals surface area (Å²) in [7, 11) is 2.16. The molecule has 0 saturated heterocycles. The number of nitrogens with zero attached hydrogens (tertiary/aromatic N) is 1. The van der Waals surface area contributed by atoms with Gasteiger partial charge in [-0.1, -0.05) is 84.4 Å². The minimum atomic E-state index is 1.23. The van der Waals surface area contributed by atoms with E-state index in [4.69, 9.17) is 0 Å². The Labute approximate surface area is 173 Å². The van der Waals surface area contributed by atoms with Gasteiger partial charge in [0.05, 0.1) is 0 Å². The SMILES string of the molecule is CC(C)=C(C=C(c1ccccc1)c1ccccc1)c1c(C)n(C)c2ccccc12. The summed E-state index contributed by atoms with van der Waals surface area (Å²) in [5.74, 6) is 0. The minimum absolute atomic E-state index is 1.23. The standard InChI is InChI=1S/C28H27N/c1-20(2)25(28-21(3)29(4)27-18-12-11-17-24(27)28)19-26(22-13-7-5-8-14-22)23-15-9-6-10-16-23/h5-19H,1-4H3. The molecule has 4 aromatic rings. The normalized spacial score (nSPS) is 10.8. The largest absolute Gasteiger partial charge is 0.347 e. The van der Waals surface area contributed by atoms with Crippen LogP contribution in [0.5, 0.6) is 0 Å². The van der Waals surface area contributed by atoms with Gasteiger partial charge in [-0.2, -0.15) is 0 Å². The molecule has 0 bridgehead atoms. The zero-order valence-electron chi connectivity index (χ0n) is 17.6. The highest BCUT2D eigenvalue weighted by atomic mass is 14.9. The average molecular weight is 378 g/mol. The predicted octanol–water partition coefficient (Wildman–Crippen LogP) is 7.41. The molecule has 0 atom stereocenters. The average Bonchev–Trinajstić information content (AvgIpc) is 3.01. The lowest BCUT2D eigenvalue weighted by atomic mass is 9.91. The lowest BCUT2D eigenvalue weighted by molar-refractivity contribution is 0.915. The van der Waals surface area contributed by atoms with Crippen LogP contribution >= 0.6 is 0 Å². The van der Waals surface area contributed by atoms with Crippen LogP contribution in [0.25, 0.3) is 22.0 Å². The van der Waals surface area contributed by atoms with Crippen LogP contribution in [0.15, 0.2) is 96.6 Å². The van der Waals surface area contributed by atoms with E-state index in [0.29, 0.717) is 0 Å². The van der Waals surface area contributed by atoms with Crippen molar-refractivity contribution < 1.29 is 0 Å². The van der Waals surface area contributed by atoms with Gasteiger partial charge >= 0.3 is 0 Å². The summed E-state index contributed by atoms with van der Waals surface area (Å²) in [6.45, 7) is 6.64. The highest BCUT2D eigenvalue weighted by Gasteiger charge is 2.16. The van der Waals surface area contributed by atoms with Gasteiger partial charge in [-0.15, -0.1) is 0 Å². The Morgan fingerprint density at radius 2 is 1.24 bits per heavy atom. The number of fused-ring (bicyclic) bond motifs is 1. The van der Waals surface area contributed by atoms with E-state index in [1.54, 1.807) is 0 Å². The Bertz CT molecular complexity index is 1160. The molecular formula is C28H27N. The molecule has 0 aliphatic rings. The zero-order valence-corrected chi connectivity index (χ0v) is 17.6. The fourth-order valence-electron chi connectivity index (χ4n) is 4.04. The van der Waals surface area contributed by atoms with Crippen molar-refractivity contribution in [2.45, 2.75) is 20.8 Å². The number of allylic oxidation sites excluding steroid dienone is 3. The van der Waals surface area contributed by atoms with Crippen molar-refractivity contribution >= 4 is 22.0 Å². The second-order valence-electron chi connectivity index (χ2n) is 7.74. The summed E-state index contributed by atoms with van der Waals surface area (Å²) in [6.07, 6.45) is 2.37. The monoisotopic (exact) mass is 377 g/mol. The van der Waals surface area contributed by atoms with Crippen molar-refractivity contribution in [2.24, 2.45) is 7.05 Å². The van der Waals surface area contributed by atoms with Gasteiger partial charge in [0.25, 0.3) is 0 Å². The molecule has 3 aromatic carbocycles. The van der Waals surface area contributed by atoms with Crippen molar-refractivity contribution in [3.8, 4) is 0 Å². The zero-order chi connectivity index (χ0) is 20.4. The quantitative estimate of drug-likeness (QED) is 0.326. The minimum Gasteiger partial charge on any atom is -0.347 e. The summed E-state index contributed by atoms with van der Waals surface area (Å²) in [6, 6.07) is 30.0. The van der Waals surface area contributed by atoms with Gasteiger partial charge in [-0.05, 0) is 55.2 Å². The van der Waals surface area contributed by atoms with Gasteiger partial charge in [0.15, 0.2) is 0 Å². The van der Waals surface area contributed by atoms with Crippen LogP contribution in [-0.4, -0.2) is 4.57 Å². The molecule has 0 saturated carbocycles. The maximum atomic E-state index is 2.37. The van der Waals surface area contributed by atoms with Crippen molar-refractivity contribution in [2.75, 3.05) is 0 Å². The van der Waals surface area contributed by atoms with E-state index in [-0.39, 0.29) is 0 Å². The van der Waals surface area contributed by atoms with E-state index < -0.39 is 0 Å². The molecule has 0 spiro atoms. The van der Waals surface area contributed by atoms with E-state index in [1.165, 1.54) is 50.0 Å². The van der Waals surface area contributed by atoms with E-state index in [9.17, 15) is 0 Å². The van der Waals surface area contributed by atoms with Crippen LogP contribution < -0.4 is 0 Å². The summed E-state index contributed by atoms with van der Waals surface area (Å²) < 4.78 is 2.30. The topological polar surface area (TPSA) is 4.93 Å². The van der Waals surface area contributed by atoms with Crippen molar-refractivity contribution in [3.63, 3.8) is 0 Å². The second kappa shape index (κ2) is 7.97. The third-order valence-electron chi connectivity index (χ3n) is 5.67. The van der Waals surface area contributed by atoms with Crippen molar-refractivity contribution in [1.82, 2.24) is 4.57 Å². The molecule has 4 rings (SSSR count). The number of rotatable bonds is 4. The Hall–Kier alpha value is -3.32. The third-order valence-corrected chi connectivity index (χ3v) is 5.67. The third kappa shape index (κ3) is 3.56. The van der Waals surface area contributed by atoms with Gasteiger partial charge in [-0.25, -0.2) is 0 Å². The molecule has 0 radical (unpaired) electrons. The Balaban J connectivity index is 2.00. The maximum absolute atomic E-state index is 2.37. The van der Waals surface area contributed by atoms with Gasteiger partial charge in [0, 0.05) is 29.2 Å². The highest BCUT2D eigenvalue weighted by molar-refractivity contribution is 6.01. The molecule has 0 amide bonds. The van der Waals surface area contributed by atoms with Crippen molar-refractivity contribution in [3.05, 3.63) is 119 Å². The van der Waals surface area contributed by atoms with Gasteiger partial charge in [0.2, 0.25) is 0 Å². The first-order chi connectivity index (χ1) is 14.1. The number of hydrogen-bond acceptors (Lipinski definition) is 0. The summed E-state index contributed by atoms with van der Waals surface area (Å²) in [5.41, 5.74) is 10.2. The van der Waals surface area contributed by atoms with E-state index >= 15 is 0 Å². The van der Waals surface area contributed by atoms with Gasteiger partial charge in [-0.3, -0.25) is 0 Å². The van der Waals surface area contributed by atoms with Crippen LogP contribution in [0.1, 0.15) is 36.2 Å². The molecule has 1 nitrogen and oxygen atoms in total. The Morgan fingerprint density at radius 3 is 1.79 bits per heavy atom. The van der Waals surface area contributed by atoms with Crippen LogP contribution in [0.2, 0.25) is 0 Å². The predicted molar refractivity (Wildman–Crippen MR) is 126 cm³/mol. The molecule has 1 heterocycles. The first-order valence-electron chi connectivity index (χ1n) is 10.1. The lowest BCUT2D eigenvalue weighted by Crippen LogP contribution is -1.95. The summed E-state index contributed by atoms with van der Waals surface area (Å²) in [5, 5.41) is 1.31. The van der Waals surface area contributed by atoms with Crippen LogP contribution in [0.3, 0.4) is 0 Å². The number of benzene rings is 3. The number of para-hydroxylation sites is 1. The molecule has 0 unspecified atom stereocenters. The van der Waals surface area contributed by atoms with Crippen molar-refractivity contribution in [1.29, 1.82) is 0 Å². The van der Waals surface area contributed by atoms with E-state index in [0.717, 1.165) is 0 Å². The first kappa shape index (κ1) is 19.0. The summed E-state index contributed by atoms with van der Waals surface area (Å²) in [4.78, 5) is 0. The summed E-state index contributed by atoms with van der Waals surface area (Å²) >= 11 is 0. The first-order valence-corrected chi connectivity index (χ1v) is 10.1. The number of hydrogen-bond donors (Lipinski definition) is 0. The van der Waals surface area contributed by atoms with E-state index in [2.05, 4.69) is 123 Å². The van der Waals surface area contributed by atoms with Gasteiger partial charge in [0.1, 0.15) is 0 Å².